The van der Waals surface area contributed by atoms with E-state index in [2.05, 4.69) is 72.8 Å². The van der Waals surface area contributed by atoms with Crippen molar-refractivity contribution in [2.45, 2.75) is 6.42 Å². The van der Waals surface area contributed by atoms with Crippen molar-refractivity contribution < 1.29 is 0 Å². The maximum absolute atomic E-state index is 2.47. The van der Waals surface area contributed by atoms with Crippen molar-refractivity contribution in [1.29, 1.82) is 0 Å². The standard InChI is InChI=1S/C21H18/c1-3-7-14(8-4-1)18-19(15-9-5-2-6-10-15)21-17-12-11-16(13-17)20(18)21/h1-12,16-17,20-21H,13H2/t16-,17+,20-,21+. The van der Waals surface area contributed by atoms with Gasteiger partial charge in [0.15, 0.2) is 0 Å². The third-order valence-corrected chi connectivity index (χ3v) is 5.59. The molecule has 102 valence electrons. The van der Waals surface area contributed by atoms with Crippen LogP contribution in [0.3, 0.4) is 0 Å². The highest BCUT2D eigenvalue weighted by Crippen LogP contribution is 2.66. The average molecular weight is 270 g/mol. The van der Waals surface area contributed by atoms with Crippen LogP contribution in [0.1, 0.15) is 17.5 Å². The second kappa shape index (κ2) is 4.21. The summed E-state index contributed by atoms with van der Waals surface area (Å²) >= 11 is 0. The van der Waals surface area contributed by atoms with Crippen molar-refractivity contribution >= 4 is 11.1 Å². The van der Waals surface area contributed by atoms with Gasteiger partial charge in [0, 0.05) is 0 Å². The fourth-order valence-corrected chi connectivity index (χ4v) is 4.80. The fourth-order valence-electron chi connectivity index (χ4n) is 4.80. The van der Waals surface area contributed by atoms with Gasteiger partial charge in [0.2, 0.25) is 0 Å². The van der Waals surface area contributed by atoms with Crippen LogP contribution in [-0.2, 0) is 0 Å². The zero-order valence-corrected chi connectivity index (χ0v) is 11.9. The molecule has 5 rings (SSSR count). The molecule has 0 saturated heterocycles. The molecule has 0 amide bonds. The number of hydrogen-bond acceptors (Lipinski definition) is 0. The Morgan fingerprint density at radius 3 is 1.43 bits per heavy atom. The molecule has 2 aromatic carbocycles. The Labute approximate surface area is 125 Å². The third-order valence-electron chi connectivity index (χ3n) is 5.59. The van der Waals surface area contributed by atoms with Gasteiger partial charge in [-0.05, 0) is 52.4 Å². The highest BCUT2D eigenvalue weighted by atomic mass is 14.6. The molecule has 0 aromatic heterocycles. The van der Waals surface area contributed by atoms with E-state index in [1.54, 1.807) is 11.1 Å². The van der Waals surface area contributed by atoms with Crippen LogP contribution in [0.4, 0.5) is 0 Å². The molecule has 0 spiro atoms. The first-order chi connectivity index (χ1) is 10.4. The smallest absolute Gasteiger partial charge is 0.00150 e. The Morgan fingerprint density at radius 2 is 1.00 bits per heavy atom. The summed E-state index contributed by atoms with van der Waals surface area (Å²) in [6.45, 7) is 0. The third kappa shape index (κ3) is 1.51. The van der Waals surface area contributed by atoms with E-state index < -0.39 is 0 Å². The monoisotopic (exact) mass is 270 g/mol. The average Bonchev–Trinajstić information content (AvgIpc) is 3.07. The molecule has 2 aromatic rings. The molecule has 2 bridgehead atoms. The highest BCUT2D eigenvalue weighted by Gasteiger charge is 2.54. The highest BCUT2D eigenvalue weighted by molar-refractivity contribution is 6.00. The van der Waals surface area contributed by atoms with Crippen molar-refractivity contribution in [2.75, 3.05) is 0 Å². The molecule has 0 unspecified atom stereocenters. The van der Waals surface area contributed by atoms with Gasteiger partial charge in [0.25, 0.3) is 0 Å². The summed E-state index contributed by atoms with van der Waals surface area (Å²) < 4.78 is 0. The summed E-state index contributed by atoms with van der Waals surface area (Å²) in [7, 11) is 0. The Bertz CT molecular complexity index is 673. The van der Waals surface area contributed by atoms with Crippen LogP contribution in [0.25, 0.3) is 11.1 Å². The van der Waals surface area contributed by atoms with Crippen molar-refractivity contribution in [3.05, 3.63) is 83.9 Å². The van der Waals surface area contributed by atoms with Gasteiger partial charge in [0.05, 0.1) is 0 Å². The zero-order chi connectivity index (χ0) is 13.8. The number of benzene rings is 2. The molecule has 0 heterocycles. The van der Waals surface area contributed by atoms with E-state index in [0.29, 0.717) is 0 Å². The van der Waals surface area contributed by atoms with E-state index in [1.807, 2.05) is 0 Å². The second-order valence-electron chi connectivity index (χ2n) is 6.56. The molecule has 3 aliphatic carbocycles. The van der Waals surface area contributed by atoms with Gasteiger partial charge >= 0.3 is 0 Å². The molecule has 4 atom stereocenters. The summed E-state index contributed by atoms with van der Waals surface area (Å²) in [5.41, 5.74) is 6.09. The van der Waals surface area contributed by atoms with Crippen LogP contribution < -0.4 is 0 Å². The number of allylic oxidation sites excluding steroid dienone is 4. The van der Waals surface area contributed by atoms with Crippen LogP contribution in [0.15, 0.2) is 72.8 Å². The lowest BCUT2D eigenvalue weighted by atomic mass is 9.59. The molecule has 3 aliphatic rings. The first-order valence-electron chi connectivity index (χ1n) is 7.97. The summed E-state index contributed by atoms with van der Waals surface area (Å²) in [4.78, 5) is 0. The molecule has 1 saturated carbocycles. The Morgan fingerprint density at radius 1 is 0.571 bits per heavy atom. The minimum atomic E-state index is 0.762. The molecule has 0 nitrogen and oxygen atoms in total. The quantitative estimate of drug-likeness (QED) is 0.670. The molecule has 0 aliphatic heterocycles. The number of fused-ring (bicyclic) bond motifs is 5. The van der Waals surface area contributed by atoms with Crippen molar-refractivity contribution in [1.82, 2.24) is 0 Å². The number of rotatable bonds is 2. The summed E-state index contributed by atoms with van der Waals surface area (Å²) in [5.74, 6) is 3.08. The van der Waals surface area contributed by atoms with E-state index >= 15 is 0 Å². The van der Waals surface area contributed by atoms with Gasteiger partial charge in [-0.2, -0.15) is 0 Å². The molecule has 0 radical (unpaired) electrons. The van der Waals surface area contributed by atoms with E-state index in [1.165, 1.54) is 17.5 Å². The minimum absolute atomic E-state index is 0.762. The largest absolute Gasteiger partial charge is 0.0845 e. The molecule has 21 heavy (non-hydrogen) atoms. The van der Waals surface area contributed by atoms with Crippen LogP contribution in [0.5, 0.6) is 0 Å². The van der Waals surface area contributed by atoms with Gasteiger partial charge in [0.1, 0.15) is 0 Å². The van der Waals surface area contributed by atoms with Gasteiger partial charge < -0.3 is 0 Å². The first-order valence-corrected chi connectivity index (χ1v) is 7.97. The molecule has 1 fully saturated rings. The number of hydrogen-bond donors (Lipinski definition) is 0. The summed E-state index contributed by atoms with van der Waals surface area (Å²) in [5, 5.41) is 0. The molecular weight excluding hydrogens is 252 g/mol. The van der Waals surface area contributed by atoms with Gasteiger partial charge in [-0.1, -0.05) is 72.8 Å². The van der Waals surface area contributed by atoms with E-state index in [-0.39, 0.29) is 0 Å². The molecule has 0 heteroatoms. The minimum Gasteiger partial charge on any atom is -0.0845 e. The van der Waals surface area contributed by atoms with Gasteiger partial charge in [-0.3, -0.25) is 0 Å². The lowest BCUT2D eigenvalue weighted by molar-refractivity contribution is 0.438. The van der Waals surface area contributed by atoms with E-state index in [0.717, 1.165) is 23.7 Å². The normalized spacial score (nSPS) is 32.2. The van der Waals surface area contributed by atoms with E-state index in [4.69, 9.17) is 0 Å². The lowest BCUT2D eigenvalue weighted by Gasteiger charge is -2.44. The Kier molecular flexibility index (Phi) is 2.32. The fraction of sp³-hybridized carbons (Fsp3) is 0.238. The second-order valence-corrected chi connectivity index (χ2v) is 6.56. The summed E-state index contributed by atoms with van der Waals surface area (Å²) in [6, 6.07) is 22.0. The van der Waals surface area contributed by atoms with E-state index in [9.17, 15) is 0 Å². The molecule has 0 N–H and O–H groups in total. The predicted molar refractivity (Wildman–Crippen MR) is 87.4 cm³/mol. The first kappa shape index (κ1) is 11.6. The van der Waals surface area contributed by atoms with Crippen LogP contribution >= 0.6 is 0 Å². The van der Waals surface area contributed by atoms with Crippen molar-refractivity contribution in [2.24, 2.45) is 23.7 Å². The Balaban J connectivity index is 1.70. The van der Waals surface area contributed by atoms with Crippen molar-refractivity contribution in [3.8, 4) is 0 Å². The maximum atomic E-state index is 2.47. The Hall–Kier alpha value is -2.08. The predicted octanol–water partition coefficient (Wildman–Crippen LogP) is 5.05. The topological polar surface area (TPSA) is 0 Å². The van der Waals surface area contributed by atoms with Crippen LogP contribution in [0.2, 0.25) is 0 Å². The molecular formula is C21H18. The SMILES string of the molecule is C1=C[C@H]2C[C@@H]1[C@@H]1C(c3ccccc3)=C(c3ccccc3)[C@@H]12. The van der Waals surface area contributed by atoms with Gasteiger partial charge in [-0.25, -0.2) is 0 Å². The van der Waals surface area contributed by atoms with Crippen LogP contribution in [0, 0.1) is 23.7 Å². The zero-order valence-electron chi connectivity index (χ0n) is 11.9. The summed E-state index contributed by atoms with van der Waals surface area (Å²) in [6.07, 6.45) is 6.30. The maximum Gasteiger partial charge on any atom is -0.00150 e. The van der Waals surface area contributed by atoms with Crippen LogP contribution in [-0.4, -0.2) is 0 Å². The lowest BCUT2D eigenvalue weighted by Crippen LogP contribution is -2.32. The van der Waals surface area contributed by atoms with Crippen molar-refractivity contribution in [3.63, 3.8) is 0 Å². The van der Waals surface area contributed by atoms with Gasteiger partial charge in [-0.15, -0.1) is 0 Å².